The maximum Gasteiger partial charge on any atom is 0.0794 e. The first-order chi connectivity index (χ1) is 7.56. The van der Waals surface area contributed by atoms with E-state index in [2.05, 4.69) is 42.3 Å². The van der Waals surface area contributed by atoms with Crippen LogP contribution in [0.2, 0.25) is 0 Å². The highest BCUT2D eigenvalue weighted by Crippen LogP contribution is 2.21. The zero-order valence-electron chi connectivity index (χ0n) is 8.65. The lowest BCUT2D eigenvalue weighted by Crippen LogP contribution is -2.01. The summed E-state index contributed by atoms with van der Waals surface area (Å²) in [4.78, 5) is 0.757. The number of hydrogen-bond acceptors (Lipinski definition) is 3. The highest BCUT2D eigenvalue weighted by molar-refractivity contribution is 14.2. The van der Waals surface area contributed by atoms with Crippen molar-refractivity contribution in [2.24, 2.45) is 4.36 Å². The Morgan fingerprint density at radius 1 is 1.50 bits per heavy atom. The average molecular weight is 436 g/mol. The van der Waals surface area contributed by atoms with Crippen molar-refractivity contribution < 1.29 is 8.73 Å². The SMILES string of the molecule is CS(=O)(=NCCOPI)c1ccc(Br)cc1. The largest absolute Gasteiger partial charge is 0.350 e. The molecule has 90 valence electrons. The van der Waals surface area contributed by atoms with Crippen LogP contribution in [-0.4, -0.2) is 23.6 Å². The molecule has 0 N–H and O–H groups in total. The van der Waals surface area contributed by atoms with E-state index < -0.39 is 9.73 Å². The van der Waals surface area contributed by atoms with Gasteiger partial charge in [0, 0.05) is 15.6 Å². The number of hydrogen-bond donors (Lipinski definition) is 0. The van der Waals surface area contributed by atoms with Crippen LogP contribution >= 0.6 is 44.4 Å². The third-order valence-electron chi connectivity index (χ3n) is 1.84. The summed E-state index contributed by atoms with van der Waals surface area (Å²) < 4.78 is 22.6. The fraction of sp³-hybridized carbons (Fsp3) is 0.333. The summed E-state index contributed by atoms with van der Waals surface area (Å²) in [6.07, 6.45) is 1.66. The van der Waals surface area contributed by atoms with Gasteiger partial charge in [-0.2, -0.15) is 0 Å². The van der Waals surface area contributed by atoms with Crippen molar-refractivity contribution in [2.75, 3.05) is 19.4 Å². The smallest absolute Gasteiger partial charge is 0.0794 e. The highest BCUT2D eigenvalue weighted by Gasteiger charge is 2.04. The van der Waals surface area contributed by atoms with E-state index in [1.54, 1.807) is 6.26 Å². The van der Waals surface area contributed by atoms with Gasteiger partial charge in [-0.25, -0.2) is 8.57 Å². The molecule has 0 radical (unpaired) electrons. The molecule has 0 aliphatic heterocycles. The summed E-state index contributed by atoms with van der Waals surface area (Å²) in [5.74, 6) is 0. The topological polar surface area (TPSA) is 38.7 Å². The molecule has 0 fully saturated rings. The van der Waals surface area contributed by atoms with Gasteiger partial charge in [0.1, 0.15) is 0 Å². The molecule has 1 aromatic carbocycles. The first kappa shape index (κ1) is 14.8. The lowest BCUT2D eigenvalue weighted by molar-refractivity contribution is 0.384. The van der Waals surface area contributed by atoms with Gasteiger partial charge in [-0.15, -0.1) is 0 Å². The van der Waals surface area contributed by atoms with Crippen LogP contribution < -0.4 is 0 Å². The Kier molecular flexibility index (Phi) is 6.73. The monoisotopic (exact) mass is 435 g/mol. The second-order valence-corrected chi connectivity index (χ2v) is 8.05. The highest BCUT2D eigenvalue weighted by atomic mass is 127. The van der Waals surface area contributed by atoms with Gasteiger partial charge in [0.25, 0.3) is 0 Å². The molecule has 0 aromatic heterocycles. The zero-order valence-corrected chi connectivity index (χ0v) is 14.2. The molecular formula is C9H12BrINO2PS. The van der Waals surface area contributed by atoms with Crippen LogP contribution in [0.25, 0.3) is 0 Å². The fourth-order valence-corrected chi connectivity index (χ4v) is 3.36. The third-order valence-corrected chi connectivity index (χ3v) is 5.43. The van der Waals surface area contributed by atoms with Crippen molar-refractivity contribution in [3.8, 4) is 0 Å². The van der Waals surface area contributed by atoms with Gasteiger partial charge in [-0.05, 0) is 46.3 Å². The number of nitrogens with zero attached hydrogens (tertiary/aromatic N) is 1. The number of benzene rings is 1. The zero-order chi connectivity index (χ0) is 12.0. The summed E-state index contributed by atoms with van der Waals surface area (Å²) in [6.45, 7) is 1.43. The Morgan fingerprint density at radius 3 is 2.69 bits per heavy atom. The first-order valence-electron chi connectivity index (χ1n) is 4.47. The molecule has 0 bridgehead atoms. The molecule has 1 rings (SSSR count). The molecule has 0 aliphatic carbocycles. The number of halogens is 2. The van der Waals surface area contributed by atoms with Crippen LogP contribution in [0.5, 0.6) is 0 Å². The quantitative estimate of drug-likeness (QED) is 0.400. The molecule has 16 heavy (non-hydrogen) atoms. The van der Waals surface area contributed by atoms with E-state index in [0.717, 1.165) is 9.37 Å². The van der Waals surface area contributed by atoms with E-state index in [1.807, 2.05) is 24.3 Å². The Balaban J connectivity index is 2.76. The molecule has 0 aliphatic rings. The standard InChI is InChI=1S/C9H12BrINO2PS/c1-16(13,12-6-7-14-15-11)9-4-2-8(10)3-5-9/h2-5,15H,6-7H2,1H3. The summed E-state index contributed by atoms with van der Waals surface area (Å²) in [6, 6.07) is 7.40. The molecule has 7 heteroatoms. The van der Waals surface area contributed by atoms with Gasteiger partial charge < -0.3 is 4.52 Å². The average Bonchev–Trinajstić information content (AvgIpc) is 2.25. The van der Waals surface area contributed by atoms with Gasteiger partial charge >= 0.3 is 0 Å². The van der Waals surface area contributed by atoms with Crippen molar-refractivity contribution in [1.29, 1.82) is 0 Å². The molecule has 0 saturated heterocycles. The molecule has 0 amide bonds. The van der Waals surface area contributed by atoms with E-state index in [0.29, 0.717) is 19.6 Å². The van der Waals surface area contributed by atoms with Gasteiger partial charge in [-0.1, -0.05) is 15.9 Å². The predicted molar refractivity (Wildman–Crippen MR) is 82.1 cm³/mol. The van der Waals surface area contributed by atoms with Crippen molar-refractivity contribution in [3.05, 3.63) is 28.7 Å². The second kappa shape index (κ2) is 7.26. The maximum atomic E-state index is 12.2. The van der Waals surface area contributed by atoms with E-state index >= 15 is 0 Å². The molecule has 3 nitrogen and oxygen atoms in total. The molecular weight excluding hydrogens is 424 g/mol. The van der Waals surface area contributed by atoms with Crippen LogP contribution in [0, 0.1) is 0 Å². The van der Waals surface area contributed by atoms with Gasteiger partial charge in [0.05, 0.1) is 29.3 Å². The van der Waals surface area contributed by atoms with Crippen LogP contribution in [-0.2, 0) is 14.3 Å². The van der Waals surface area contributed by atoms with Crippen LogP contribution in [0.4, 0.5) is 0 Å². The van der Waals surface area contributed by atoms with Gasteiger partial charge in [0.2, 0.25) is 0 Å². The minimum atomic E-state index is -2.28. The number of rotatable bonds is 5. The summed E-state index contributed by atoms with van der Waals surface area (Å²) in [7, 11) is -2.28. The molecule has 2 atom stereocenters. The van der Waals surface area contributed by atoms with E-state index in [9.17, 15) is 4.21 Å². The van der Waals surface area contributed by atoms with Gasteiger partial charge in [-0.3, -0.25) is 0 Å². The summed E-state index contributed by atoms with van der Waals surface area (Å²) >= 11 is 5.49. The Bertz CT molecular complexity index is 445. The van der Waals surface area contributed by atoms with E-state index in [4.69, 9.17) is 4.52 Å². The van der Waals surface area contributed by atoms with Gasteiger partial charge in [0.15, 0.2) is 0 Å². The Morgan fingerprint density at radius 2 is 2.12 bits per heavy atom. The van der Waals surface area contributed by atoms with Crippen molar-refractivity contribution in [1.82, 2.24) is 0 Å². The normalized spacial score (nSPS) is 15.2. The molecule has 1 aromatic rings. The molecule has 0 spiro atoms. The third kappa shape index (κ3) is 4.96. The van der Waals surface area contributed by atoms with Crippen LogP contribution in [0.15, 0.2) is 38.0 Å². The molecule has 0 saturated carbocycles. The minimum absolute atomic E-state index is 0.427. The van der Waals surface area contributed by atoms with Crippen molar-refractivity contribution in [3.63, 3.8) is 0 Å². The Hall–Kier alpha value is 0.770. The first-order valence-corrected chi connectivity index (χ1v) is 11.2. The predicted octanol–water partition coefficient (Wildman–Crippen LogP) is 3.87. The van der Waals surface area contributed by atoms with Crippen molar-refractivity contribution >= 4 is 54.2 Å². The van der Waals surface area contributed by atoms with Crippen molar-refractivity contribution in [2.45, 2.75) is 4.90 Å². The summed E-state index contributed by atoms with van der Waals surface area (Å²) in [5.41, 5.74) is 0. The lowest BCUT2D eigenvalue weighted by Gasteiger charge is -2.04. The second-order valence-electron chi connectivity index (χ2n) is 3.03. The summed E-state index contributed by atoms with van der Waals surface area (Å²) in [5, 5.41) is 0. The fourth-order valence-electron chi connectivity index (χ4n) is 1.06. The maximum absolute atomic E-state index is 12.2. The van der Waals surface area contributed by atoms with E-state index in [-0.39, 0.29) is 0 Å². The van der Waals surface area contributed by atoms with Crippen LogP contribution in [0.3, 0.4) is 0 Å². The minimum Gasteiger partial charge on any atom is -0.350 e. The Labute approximate surface area is 119 Å². The lowest BCUT2D eigenvalue weighted by atomic mass is 10.4. The van der Waals surface area contributed by atoms with Crippen LogP contribution in [0.1, 0.15) is 0 Å². The molecule has 0 heterocycles. The molecule has 2 unspecified atom stereocenters. The van der Waals surface area contributed by atoms with E-state index in [1.165, 1.54) is 0 Å².